The highest BCUT2D eigenvalue weighted by Gasteiger charge is 2.20. The Morgan fingerprint density at radius 2 is 2.03 bits per heavy atom. The minimum absolute atomic E-state index is 0.117. The maximum absolute atomic E-state index is 12.4. The lowest BCUT2D eigenvalue weighted by Gasteiger charge is -2.11. The molecule has 0 spiro atoms. The zero-order valence-electron chi connectivity index (χ0n) is 16.9. The number of carbonyl (C=O) groups excluding carboxylic acids is 1. The fourth-order valence-corrected chi connectivity index (χ4v) is 5.20. The summed E-state index contributed by atoms with van der Waals surface area (Å²) in [5.74, 6) is 0.877. The first kappa shape index (κ1) is 20.0. The Hall–Kier alpha value is -2.92. The van der Waals surface area contributed by atoms with E-state index < -0.39 is 0 Å². The van der Waals surface area contributed by atoms with Crippen molar-refractivity contribution in [1.82, 2.24) is 24.6 Å². The Morgan fingerprint density at radius 1 is 1.23 bits per heavy atom. The normalized spacial score (nSPS) is 13.9. The quantitative estimate of drug-likeness (QED) is 0.423. The van der Waals surface area contributed by atoms with Gasteiger partial charge in [-0.05, 0) is 44.0 Å². The summed E-state index contributed by atoms with van der Waals surface area (Å²) in [5.41, 5.74) is 2.14. The molecule has 0 saturated carbocycles. The van der Waals surface area contributed by atoms with E-state index >= 15 is 0 Å². The highest BCUT2D eigenvalue weighted by molar-refractivity contribution is 7.99. The number of amides is 1. The van der Waals surface area contributed by atoms with Crippen molar-refractivity contribution >= 4 is 55.8 Å². The first-order valence-electron chi connectivity index (χ1n) is 10.1. The summed E-state index contributed by atoms with van der Waals surface area (Å²) in [5, 5.41) is 13.1. The van der Waals surface area contributed by atoms with Gasteiger partial charge in [0, 0.05) is 18.8 Å². The Labute approximate surface area is 186 Å². The molecule has 0 unspecified atom stereocenters. The van der Waals surface area contributed by atoms with Gasteiger partial charge in [0.2, 0.25) is 5.91 Å². The van der Waals surface area contributed by atoms with Crippen molar-refractivity contribution in [2.45, 2.75) is 24.9 Å². The molecule has 4 heterocycles. The van der Waals surface area contributed by atoms with Crippen LogP contribution in [0.15, 0.2) is 35.7 Å². The Bertz CT molecular complexity index is 1220. The Balaban J connectivity index is 1.28. The number of aromatic nitrogens is 5. The van der Waals surface area contributed by atoms with Crippen LogP contribution in [0.4, 0.5) is 10.8 Å². The molecular weight excluding hydrogens is 434 g/mol. The standard InChI is InChI=1S/C20H21N7O2S2/c1-2-29-14-7-5-13(6-8-14)22-15(28)11-30-20-25-24-18-16-17(21-12-27(18)20)23-19(31-16)26-9-3-4-10-26/h5-8,12H,2-4,9-11H2,1H3,(H,22,28). The molecule has 5 rings (SSSR count). The van der Waals surface area contributed by atoms with Gasteiger partial charge in [-0.2, -0.15) is 4.98 Å². The number of rotatable bonds is 7. The first-order valence-corrected chi connectivity index (χ1v) is 11.9. The van der Waals surface area contributed by atoms with Gasteiger partial charge in [0.15, 0.2) is 21.6 Å². The second-order valence-electron chi connectivity index (χ2n) is 7.06. The van der Waals surface area contributed by atoms with Crippen LogP contribution in [-0.4, -0.2) is 55.9 Å². The van der Waals surface area contributed by atoms with Crippen LogP contribution in [0.3, 0.4) is 0 Å². The van der Waals surface area contributed by atoms with E-state index in [0.717, 1.165) is 40.0 Å². The van der Waals surface area contributed by atoms with Gasteiger partial charge in [0.1, 0.15) is 16.8 Å². The molecule has 1 aromatic carbocycles. The second kappa shape index (κ2) is 8.67. The molecule has 1 fully saturated rings. The van der Waals surface area contributed by atoms with Crippen LogP contribution >= 0.6 is 23.1 Å². The van der Waals surface area contributed by atoms with E-state index in [1.807, 2.05) is 35.6 Å². The molecule has 9 nitrogen and oxygen atoms in total. The molecule has 0 bridgehead atoms. The number of nitrogens with zero attached hydrogens (tertiary/aromatic N) is 6. The van der Waals surface area contributed by atoms with Crippen molar-refractivity contribution in [3.63, 3.8) is 0 Å². The Morgan fingerprint density at radius 3 is 2.81 bits per heavy atom. The van der Waals surface area contributed by atoms with Gasteiger partial charge >= 0.3 is 0 Å². The molecule has 4 aromatic rings. The summed E-state index contributed by atoms with van der Waals surface area (Å²) >= 11 is 2.92. The molecule has 1 aliphatic rings. The lowest BCUT2D eigenvalue weighted by Crippen LogP contribution is -2.16. The number of hydrogen-bond donors (Lipinski definition) is 1. The molecule has 1 N–H and O–H groups in total. The minimum atomic E-state index is -0.117. The van der Waals surface area contributed by atoms with Crippen molar-refractivity contribution in [2.75, 3.05) is 35.7 Å². The summed E-state index contributed by atoms with van der Waals surface area (Å²) < 4.78 is 8.16. The van der Waals surface area contributed by atoms with Crippen LogP contribution in [0.1, 0.15) is 19.8 Å². The smallest absolute Gasteiger partial charge is 0.234 e. The number of hydrogen-bond acceptors (Lipinski definition) is 9. The number of thioether (sulfide) groups is 1. The predicted molar refractivity (Wildman–Crippen MR) is 122 cm³/mol. The molecule has 0 atom stereocenters. The van der Waals surface area contributed by atoms with E-state index in [-0.39, 0.29) is 11.7 Å². The number of nitrogens with one attached hydrogen (secondary N) is 1. The van der Waals surface area contributed by atoms with Gasteiger partial charge in [-0.25, -0.2) is 4.98 Å². The van der Waals surface area contributed by atoms with Crippen molar-refractivity contribution in [3.05, 3.63) is 30.6 Å². The number of thiazole rings is 1. The highest BCUT2D eigenvalue weighted by Crippen LogP contribution is 2.32. The van der Waals surface area contributed by atoms with Crippen LogP contribution in [0.5, 0.6) is 5.75 Å². The lowest BCUT2D eigenvalue weighted by molar-refractivity contribution is -0.113. The number of carbonyl (C=O) groups is 1. The summed E-state index contributed by atoms with van der Waals surface area (Å²) in [6, 6.07) is 7.31. The van der Waals surface area contributed by atoms with Crippen LogP contribution in [0.2, 0.25) is 0 Å². The molecule has 1 amide bonds. The van der Waals surface area contributed by atoms with Crippen molar-refractivity contribution in [2.24, 2.45) is 0 Å². The minimum Gasteiger partial charge on any atom is -0.494 e. The third-order valence-electron chi connectivity index (χ3n) is 4.92. The zero-order chi connectivity index (χ0) is 21.2. The number of anilines is 2. The third-order valence-corrected chi connectivity index (χ3v) is 6.96. The van der Waals surface area contributed by atoms with E-state index in [9.17, 15) is 4.79 Å². The van der Waals surface area contributed by atoms with Gasteiger partial charge < -0.3 is 15.0 Å². The maximum atomic E-state index is 12.4. The van der Waals surface area contributed by atoms with E-state index in [2.05, 4.69) is 30.4 Å². The van der Waals surface area contributed by atoms with Crippen LogP contribution in [0.25, 0.3) is 16.0 Å². The fraction of sp³-hybridized carbons (Fsp3) is 0.350. The van der Waals surface area contributed by atoms with Gasteiger partial charge in [-0.1, -0.05) is 23.1 Å². The molecule has 0 aliphatic carbocycles. The van der Waals surface area contributed by atoms with Crippen LogP contribution in [0, 0.1) is 0 Å². The van der Waals surface area contributed by atoms with Gasteiger partial charge in [-0.15, -0.1) is 10.2 Å². The lowest BCUT2D eigenvalue weighted by atomic mass is 10.3. The summed E-state index contributed by atoms with van der Waals surface area (Å²) in [7, 11) is 0. The molecule has 1 saturated heterocycles. The van der Waals surface area contributed by atoms with Crippen molar-refractivity contribution in [3.8, 4) is 5.75 Å². The number of benzene rings is 1. The average molecular weight is 456 g/mol. The zero-order valence-corrected chi connectivity index (χ0v) is 18.6. The Kier molecular flexibility index (Phi) is 5.60. The third kappa shape index (κ3) is 4.15. The van der Waals surface area contributed by atoms with Gasteiger partial charge in [0.25, 0.3) is 0 Å². The van der Waals surface area contributed by atoms with E-state index in [1.54, 1.807) is 17.7 Å². The summed E-state index contributed by atoms with van der Waals surface area (Å²) in [6.45, 7) is 4.61. The SMILES string of the molecule is CCOc1ccc(NC(=O)CSc2nnc3c4sc(N5CCCC5)nc4ncn23)cc1. The summed E-state index contributed by atoms with van der Waals surface area (Å²) in [4.78, 5) is 23.8. The molecule has 11 heteroatoms. The van der Waals surface area contributed by atoms with Gasteiger partial charge in [0.05, 0.1) is 12.4 Å². The molecule has 1 aliphatic heterocycles. The fourth-order valence-electron chi connectivity index (χ4n) is 3.45. The predicted octanol–water partition coefficient (Wildman–Crippen LogP) is 3.46. The molecule has 160 valence electrons. The van der Waals surface area contributed by atoms with E-state index in [0.29, 0.717) is 17.4 Å². The largest absolute Gasteiger partial charge is 0.494 e. The highest BCUT2D eigenvalue weighted by atomic mass is 32.2. The second-order valence-corrected chi connectivity index (χ2v) is 8.98. The maximum Gasteiger partial charge on any atom is 0.234 e. The molecule has 0 radical (unpaired) electrons. The molecular formula is C20H21N7O2S2. The first-order chi connectivity index (χ1) is 15.2. The van der Waals surface area contributed by atoms with Crippen molar-refractivity contribution < 1.29 is 9.53 Å². The van der Waals surface area contributed by atoms with Crippen LogP contribution < -0.4 is 15.0 Å². The van der Waals surface area contributed by atoms with E-state index in [1.165, 1.54) is 24.6 Å². The molecule has 3 aromatic heterocycles. The average Bonchev–Trinajstić information content (AvgIpc) is 3.52. The topological polar surface area (TPSA) is 97.5 Å². The van der Waals surface area contributed by atoms with Crippen molar-refractivity contribution in [1.29, 1.82) is 0 Å². The monoisotopic (exact) mass is 455 g/mol. The summed E-state index contributed by atoms with van der Waals surface area (Å²) in [6.07, 6.45) is 4.07. The van der Waals surface area contributed by atoms with Crippen LogP contribution in [-0.2, 0) is 4.79 Å². The molecule has 31 heavy (non-hydrogen) atoms. The number of fused-ring (bicyclic) bond motifs is 3. The number of ether oxygens (including phenoxy) is 1. The van der Waals surface area contributed by atoms with Gasteiger partial charge in [-0.3, -0.25) is 9.20 Å². The van der Waals surface area contributed by atoms with E-state index in [4.69, 9.17) is 4.74 Å².